The van der Waals surface area contributed by atoms with Crippen LogP contribution in [0.15, 0.2) is 18.2 Å². The molecule has 2 N–H and O–H groups in total. The molecule has 9 nitrogen and oxygen atoms in total. The lowest BCUT2D eigenvalue weighted by molar-refractivity contribution is -0.384. The third-order valence-corrected chi connectivity index (χ3v) is 7.61. The topological polar surface area (TPSA) is 108 Å². The van der Waals surface area contributed by atoms with Crippen LogP contribution in [-0.4, -0.2) is 60.0 Å². The van der Waals surface area contributed by atoms with Gasteiger partial charge in [0.2, 0.25) is 0 Å². The van der Waals surface area contributed by atoms with Crippen molar-refractivity contribution in [3.05, 3.63) is 33.9 Å². The van der Waals surface area contributed by atoms with Gasteiger partial charge in [0, 0.05) is 50.4 Å². The number of piperidine rings is 2. The van der Waals surface area contributed by atoms with Gasteiger partial charge in [0.05, 0.1) is 16.2 Å². The summed E-state index contributed by atoms with van der Waals surface area (Å²) in [6, 6.07) is 4.81. The van der Waals surface area contributed by atoms with Crippen LogP contribution in [0.5, 0.6) is 0 Å². The number of rotatable bonds is 5. The average Bonchev–Trinajstić information content (AvgIpc) is 2.85. The summed E-state index contributed by atoms with van der Waals surface area (Å²) in [7, 11) is 0. The molecule has 4 rings (SSSR count). The van der Waals surface area contributed by atoms with E-state index in [1.54, 1.807) is 6.07 Å². The monoisotopic (exact) mass is 471 g/mol. The van der Waals surface area contributed by atoms with Crippen LogP contribution in [0.25, 0.3) is 0 Å². The summed E-state index contributed by atoms with van der Waals surface area (Å²) in [4.78, 5) is 40.8. The summed E-state index contributed by atoms with van der Waals surface area (Å²) < 4.78 is 0. The third kappa shape index (κ3) is 5.98. The zero-order chi connectivity index (χ0) is 24.1. The number of amides is 3. The first-order chi connectivity index (χ1) is 16.4. The molecule has 1 aromatic rings. The fourth-order valence-corrected chi connectivity index (χ4v) is 5.35. The first-order valence-electron chi connectivity index (χ1n) is 12.8. The van der Waals surface area contributed by atoms with Crippen LogP contribution in [0.3, 0.4) is 0 Å². The second-order valence-corrected chi connectivity index (χ2v) is 10.1. The van der Waals surface area contributed by atoms with Crippen LogP contribution in [0.4, 0.5) is 16.2 Å². The van der Waals surface area contributed by atoms with E-state index in [2.05, 4.69) is 22.5 Å². The van der Waals surface area contributed by atoms with Crippen molar-refractivity contribution in [1.29, 1.82) is 0 Å². The summed E-state index contributed by atoms with van der Waals surface area (Å²) in [6.07, 6.45) is 9.15. The summed E-state index contributed by atoms with van der Waals surface area (Å²) in [5.74, 6) is 0.370. The number of anilines is 1. The Labute approximate surface area is 201 Å². The maximum atomic E-state index is 13.2. The molecule has 0 aromatic heterocycles. The molecule has 1 aromatic carbocycles. The van der Waals surface area contributed by atoms with Crippen molar-refractivity contribution in [3.63, 3.8) is 0 Å². The first kappa shape index (κ1) is 24.3. The van der Waals surface area contributed by atoms with Crippen molar-refractivity contribution in [2.24, 2.45) is 5.92 Å². The van der Waals surface area contributed by atoms with Gasteiger partial charge in [-0.15, -0.1) is 0 Å². The predicted molar refractivity (Wildman–Crippen MR) is 131 cm³/mol. The zero-order valence-corrected chi connectivity index (χ0v) is 20.1. The van der Waals surface area contributed by atoms with Crippen LogP contribution < -0.4 is 15.5 Å². The molecule has 1 saturated carbocycles. The SMILES string of the molecule is CC1CCN(c2ccc([N+](=O)[O-])cc2C(=O)NC2CCN(C(=O)NC3CCCCC3)CC2)CC1. The zero-order valence-electron chi connectivity index (χ0n) is 20.1. The Morgan fingerprint density at radius 3 is 2.21 bits per heavy atom. The van der Waals surface area contributed by atoms with Crippen LogP contribution in [0, 0.1) is 16.0 Å². The van der Waals surface area contributed by atoms with E-state index in [-0.39, 0.29) is 29.7 Å². The van der Waals surface area contributed by atoms with E-state index in [4.69, 9.17) is 0 Å². The maximum Gasteiger partial charge on any atom is 0.317 e. The molecule has 0 unspecified atom stereocenters. The van der Waals surface area contributed by atoms with Gasteiger partial charge in [0.15, 0.2) is 0 Å². The highest BCUT2D eigenvalue weighted by Crippen LogP contribution is 2.29. The van der Waals surface area contributed by atoms with Crippen molar-refractivity contribution in [2.45, 2.75) is 76.8 Å². The molecule has 3 amide bonds. The Kier molecular flexibility index (Phi) is 7.90. The molecule has 0 bridgehead atoms. The van der Waals surface area contributed by atoms with Gasteiger partial charge in [-0.25, -0.2) is 4.79 Å². The Morgan fingerprint density at radius 2 is 1.56 bits per heavy atom. The van der Waals surface area contributed by atoms with Gasteiger partial charge in [-0.2, -0.15) is 0 Å². The summed E-state index contributed by atoms with van der Waals surface area (Å²) in [5, 5.41) is 17.6. The second-order valence-electron chi connectivity index (χ2n) is 10.1. The molecule has 0 atom stereocenters. The van der Waals surface area contributed by atoms with Gasteiger partial charge in [-0.1, -0.05) is 26.2 Å². The average molecular weight is 472 g/mol. The molecule has 186 valence electrons. The molecule has 9 heteroatoms. The van der Waals surface area contributed by atoms with Gasteiger partial charge >= 0.3 is 6.03 Å². The largest absolute Gasteiger partial charge is 0.371 e. The highest BCUT2D eigenvalue weighted by atomic mass is 16.6. The molecule has 3 fully saturated rings. The highest BCUT2D eigenvalue weighted by molar-refractivity contribution is 6.00. The molecular weight excluding hydrogens is 434 g/mol. The number of nitrogens with one attached hydrogen (secondary N) is 2. The van der Waals surface area contributed by atoms with E-state index < -0.39 is 4.92 Å². The second kappa shape index (κ2) is 11.1. The number of nitro groups is 1. The lowest BCUT2D eigenvalue weighted by atomic mass is 9.95. The van der Waals surface area contributed by atoms with Crippen LogP contribution in [0.2, 0.25) is 0 Å². The summed E-state index contributed by atoms with van der Waals surface area (Å²) in [6.45, 7) is 5.09. The van der Waals surface area contributed by atoms with Gasteiger partial charge in [-0.05, 0) is 50.5 Å². The number of urea groups is 1. The number of nitro benzene ring substituents is 1. The summed E-state index contributed by atoms with van der Waals surface area (Å²) >= 11 is 0. The number of benzene rings is 1. The molecule has 2 aliphatic heterocycles. The molecule has 1 aliphatic carbocycles. The standard InChI is InChI=1S/C25H37N5O4/c1-18-9-13-28(14-10-18)23-8-7-21(30(33)34)17-22(23)24(31)26-20-11-15-29(16-12-20)25(32)27-19-5-3-2-4-6-19/h7-8,17-20H,2-6,9-16H2,1H3,(H,26,31)(H,27,32). The van der Waals surface area contributed by atoms with E-state index in [1.807, 2.05) is 4.90 Å². The fourth-order valence-electron chi connectivity index (χ4n) is 5.35. The van der Waals surface area contributed by atoms with Crippen LogP contribution >= 0.6 is 0 Å². The van der Waals surface area contributed by atoms with Gasteiger partial charge in [0.1, 0.15) is 0 Å². The minimum Gasteiger partial charge on any atom is -0.371 e. The van der Waals surface area contributed by atoms with E-state index in [0.29, 0.717) is 37.4 Å². The van der Waals surface area contributed by atoms with Crippen molar-refractivity contribution >= 4 is 23.3 Å². The number of carbonyl (C=O) groups excluding carboxylic acids is 2. The van der Waals surface area contributed by atoms with Gasteiger partial charge < -0.3 is 20.4 Å². The number of likely N-dealkylation sites (tertiary alicyclic amines) is 1. The van der Waals surface area contributed by atoms with Gasteiger partial charge in [0.25, 0.3) is 11.6 Å². The van der Waals surface area contributed by atoms with E-state index in [0.717, 1.165) is 44.5 Å². The molecular formula is C25H37N5O4. The summed E-state index contributed by atoms with van der Waals surface area (Å²) in [5.41, 5.74) is 1.05. The Hall–Kier alpha value is -2.84. The number of hydrogen-bond acceptors (Lipinski definition) is 5. The number of carbonyl (C=O) groups is 2. The van der Waals surface area contributed by atoms with E-state index in [1.165, 1.54) is 31.4 Å². The predicted octanol–water partition coefficient (Wildman–Crippen LogP) is 4.07. The van der Waals surface area contributed by atoms with E-state index in [9.17, 15) is 19.7 Å². The number of hydrogen-bond donors (Lipinski definition) is 2. The lowest BCUT2D eigenvalue weighted by Crippen LogP contribution is -2.51. The lowest BCUT2D eigenvalue weighted by Gasteiger charge is -2.35. The molecule has 2 saturated heterocycles. The van der Waals surface area contributed by atoms with E-state index >= 15 is 0 Å². The third-order valence-electron chi connectivity index (χ3n) is 7.61. The number of non-ortho nitro benzene ring substituents is 1. The Bertz CT molecular complexity index is 885. The van der Waals surface area contributed by atoms with Gasteiger partial charge in [-0.3, -0.25) is 14.9 Å². The minimum absolute atomic E-state index is 0.00280. The normalized spacial score (nSPS) is 20.7. The van der Waals surface area contributed by atoms with Crippen molar-refractivity contribution in [1.82, 2.24) is 15.5 Å². The minimum atomic E-state index is -0.456. The number of nitrogens with zero attached hydrogens (tertiary/aromatic N) is 3. The molecule has 3 aliphatic rings. The quantitative estimate of drug-likeness (QED) is 0.497. The molecule has 2 heterocycles. The molecule has 34 heavy (non-hydrogen) atoms. The van der Waals surface area contributed by atoms with Crippen molar-refractivity contribution in [2.75, 3.05) is 31.1 Å². The van der Waals surface area contributed by atoms with Crippen molar-refractivity contribution in [3.8, 4) is 0 Å². The van der Waals surface area contributed by atoms with Crippen LogP contribution in [0.1, 0.15) is 75.1 Å². The molecule has 0 radical (unpaired) electrons. The fraction of sp³-hybridized carbons (Fsp3) is 0.680. The van der Waals surface area contributed by atoms with Crippen LogP contribution in [-0.2, 0) is 0 Å². The first-order valence-corrected chi connectivity index (χ1v) is 12.8. The Balaban J connectivity index is 1.36. The highest BCUT2D eigenvalue weighted by Gasteiger charge is 2.28. The molecule has 0 spiro atoms. The van der Waals surface area contributed by atoms with Crippen molar-refractivity contribution < 1.29 is 14.5 Å². The maximum absolute atomic E-state index is 13.2. The smallest absolute Gasteiger partial charge is 0.317 e. The Morgan fingerprint density at radius 1 is 0.912 bits per heavy atom.